The molecule has 6 nitrogen and oxygen atoms in total. The van der Waals surface area contributed by atoms with Gasteiger partial charge in [-0.2, -0.15) is 5.10 Å². The van der Waals surface area contributed by atoms with Crippen LogP contribution >= 0.6 is 0 Å². The lowest BCUT2D eigenvalue weighted by atomic mass is 10.1. The lowest BCUT2D eigenvalue weighted by molar-refractivity contribution is -0.127. The molecule has 1 aromatic carbocycles. The van der Waals surface area contributed by atoms with Crippen molar-refractivity contribution in [2.45, 2.75) is 26.3 Å². The van der Waals surface area contributed by atoms with Gasteiger partial charge >= 0.3 is 0 Å². The minimum atomic E-state index is -0.407. The van der Waals surface area contributed by atoms with E-state index >= 15 is 0 Å². The average Bonchev–Trinajstić information content (AvgIpc) is 2.96. The number of aromatic nitrogens is 2. The average molecular weight is 312 g/mol. The predicted octanol–water partition coefficient (Wildman–Crippen LogP) is 1.53. The molecule has 2 amide bonds. The van der Waals surface area contributed by atoms with Crippen molar-refractivity contribution in [2.75, 3.05) is 13.1 Å². The van der Waals surface area contributed by atoms with Crippen molar-refractivity contribution in [3.8, 4) is 5.69 Å². The van der Waals surface area contributed by atoms with E-state index in [4.69, 9.17) is 0 Å². The van der Waals surface area contributed by atoms with Crippen molar-refractivity contribution < 1.29 is 9.59 Å². The van der Waals surface area contributed by atoms with Crippen LogP contribution in [0.1, 0.15) is 29.4 Å². The molecule has 1 N–H and O–H groups in total. The number of carbonyl (C=O) groups is 2. The Bertz CT molecular complexity index is 723. The van der Waals surface area contributed by atoms with E-state index in [1.165, 1.54) is 0 Å². The maximum absolute atomic E-state index is 12.9. The van der Waals surface area contributed by atoms with Crippen molar-refractivity contribution in [3.63, 3.8) is 0 Å². The van der Waals surface area contributed by atoms with E-state index in [1.807, 2.05) is 44.2 Å². The molecule has 0 spiro atoms. The molecule has 2 aromatic rings. The summed E-state index contributed by atoms with van der Waals surface area (Å²) in [6.45, 7) is 4.81. The first-order valence-electron chi connectivity index (χ1n) is 7.82. The van der Waals surface area contributed by atoms with Gasteiger partial charge in [0.05, 0.1) is 23.1 Å². The number of carbonyl (C=O) groups excluding carboxylic acids is 2. The molecule has 1 aliphatic rings. The molecule has 3 rings (SSSR count). The number of amides is 2. The highest BCUT2D eigenvalue weighted by atomic mass is 16.2. The quantitative estimate of drug-likeness (QED) is 0.934. The van der Waals surface area contributed by atoms with Crippen LogP contribution in [0.2, 0.25) is 0 Å². The van der Waals surface area contributed by atoms with Gasteiger partial charge < -0.3 is 10.2 Å². The first-order valence-corrected chi connectivity index (χ1v) is 7.82. The summed E-state index contributed by atoms with van der Waals surface area (Å²) in [4.78, 5) is 26.5. The van der Waals surface area contributed by atoms with Crippen LogP contribution in [-0.2, 0) is 4.79 Å². The van der Waals surface area contributed by atoms with E-state index in [0.29, 0.717) is 25.1 Å². The first-order chi connectivity index (χ1) is 11.1. The molecule has 0 aliphatic carbocycles. The Kier molecular flexibility index (Phi) is 4.14. The van der Waals surface area contributed by atoms with Gasteiger partial charge in [-0.05, 0) is 25.5 Å². The summed E-state index contributed by atoms with van der Waals surface area (Å²) in [6, 6.07) is 9.28. The molecule has 1 aliphatic heterocycles. The molecule has 1 saturated heterocycles. The molecule has 0 radical (unpaired) electrons. The highest BCUT2D eigenvalue weighted by Gasteiger charge is 2.33. The maximum Gasteiger partial charge on any atom is 0.258 e. The van der Waals surface area contributed by atoms with Gasteiger partial charge in [0, 0.05) is 13.1 Å². The number of piperazine rings is 1. The van der Waals surface area contributed by atoms with Gasteiger partial charge in [-0.25, -0.2) is 4.68 Å². The van der Waals surface area contributed by atoms with Crippen LogP contribution in [0, 0.1) is 6.92 Å². The summed E-state index contributed by atoms with van der Waals surface area (Å²) in [5, 5.41) is 7.15. The second-order valence-corrected chi connectivity index (χ2v) is 5.60. The lowest BCUT2D eigenvalue weighted by Crippen LogP contribution is -2.56. The molecule has 1 atom stereocenters. The molecule has 1 aromatic heterocycles. The first kappa shape index (κ1) is 15.3. The normalized spacial score (nSPS) is 17.9. The van der Waals surface area contributed by atoms with Gasteiger partial charge in [0.1, 0.15) is 6.04 Å². The topological polar surface area (TPSA) is 67.2 Å². The molecular weight excluding hydrogens is 292 g/mol. The summed E-state index contributed by atoms with van der Waals surface area (Å²) in [5.74, 6) is -0.216. The van der Waals surface area contributed by atoms with Crippen LogP contribution in [0.25, 0.3) is 5.69 Å². The zero-order chi connectivity index (χ0) is 16.4. The Morgan fingerprint density at radius 2 is 2.09 bits per heavy atom. The van der Waals surface area contributed by atoms with Crippen molar-refractivity contribution in [2.24, 2.45) is 0 Å². The van der Waals surface area contributed by atoms with Crippen LogP contribution in [0.15, 0.2) is 36.5 Å². The summed E-state index contributed by atoms with van der Waals surface area (Å²) in [7, 11) is 0. The summed E-state index contributed by atoms with van der Waals surface area (Å²) >= 11 is 0. The fraction of sp³-hybridized carbons (Fsp3) is 0.353. The second-order valence-electron chi connectivity index (χ2n) is 5.60. The molecule has 0 bridgehead atoms. The largest absolute Gasteiger partial charge is 0.353 e. The van der Waals surface area contributed by atoms with Crippen LogP contribution in [0.3, 0.4) is 0 Å². The van der Waals surface area contributed by atoms with E-state index in [-0.39, 0.29) is 11.8 Å². The summed E-state index contributed by atoms with van der Waals surface area (Å²) in [5.41, 5.74) is 2.23. The van der Waals surface area contributed by atoms with Crippen molar-refractivity contribution in [1.82, 2.24) is 20.0 Å². The summed E-state index contributed by atoms with van der Waals surface area (Å²) < 4.78 is 1.75. The molecule has 120 valence electrons. The highest BCUT2D eigenvalue weighted by molar-refractivity contribution is 5.98. The Balaban J connectivity index is 1.91. The number of nitrogens with one attached hydrogen (secondary N) is 1. The molecular formula is C17H20N4O2. The standard InChI is InChI=1S/C17H20N4O2/c1-3-15-16(22)18-9-10-20(15)17(23)14-11-19-21(12(14)2)13-7-5-4-6-8-13/h4-8,11,15H,3,9-10H2,1-2H3,(H,18,22)/t15-/m1/s1. The fourth-order valence-corrected chi connectivity index (χ4v) is 2.97. The number of benzene rings is 1. The monoisotopic (exact) mass is 312 g/mol. The van der Waals surface area contributed by atoms with Gasteiger partial charge in [-0.15, -0.1) is 0 Å². The molecule has 23 heavy (non-hydrogen) atoms. The predicted molar refractivity (Wildman–Crippen MR) is 86.4 cm³/mol. The van der Waals surface area contributed by atoms with Crippen LogP contribution in [0.5, 0.6) is 0 Å². The highest BCUT2D eigenvalue weighted by Crippen LogP contribution is 2.18. The third-order valence-corrected chi connectivity index (χ3v) is 4.22. The van der Waals surface area contributed by atoms with E-state index < -0.39 is 6.04 Å². The van der Waals surface area contributed by atoms with Gasteiger partial charge in [0.25, 0.3) is 5.91 Å². The molecule has 6 heteroatoms. The molecule has 2 heterocycles. The Morgan fingerprint density at radius 1 is 1.35 bits per heavy atom. The van der Waals surface area contributed by atoms with E-state index in [1.54, 1.807) is 15.8 Å². The SMILES string of the molecule is CC[C@@H]1C(=O)NCCN1C(=O)c1cnn(-c2ccccc2)c1C. The van der Waals surface area contributed by atoms with Crippen molar-refractivity contribution in [3.05, 3.63) is 47.8 Å². The second kappa shape index (κ2) is 6.24. The number of hydrogen-bond donors (Lipinski definition) is 1. The minimum absolute atomic E-state index is 0.0831. The molecule has 0 saturated carbocycles. The zero-order valence-corrected chi connectivity index (χ0v) is 13.3. The Morgan fingerprint density at radius 3 is 2.78 bits per heavy atom. The molecule has 1 fully saturated rings. The third-order valence-electron chi connectivity index (χ3n) is 4.22. The third kappa shape index (κ3) is 2.72. The lowest BCUT2D eigenvalue weighted by Gasteiger charge is -2.34. The van der Waals surface area contributed by atoms with Crippen molar-refractivity contribution >= 4 is 11.8 Å². The number of hydrogen-bond acceptors (Lipinski definition) is 3. The number of rotatable bonds is 3. The maximum atomic E-state index is 12.9. The van der Waals surface area contributed by atoms with Crippen LogP contribution < -0.4 is 5.32 Å². The minimum Gasteiger partial charge on any atom is -0.353 e. The smallest absolute Gasteiger partial charge is 0.258 e. The van der Waals surface area contributed by atoms with Crippen molar-refractivity contribution in [1.29, 1.82) is 0 Å². The van der Waals surface area contributed by atoms with Gasteiger partial charge in [0.15, 0.2) is 0 Å². The van der Waals surface area contributed by atoms with Gasteiger partial charge in [-0.3, -0.25) is 9.59 Å². The van der Waals surface area contributed by atoms with Crippen LogP contribution in [-0.4, -0.2) is 45.6 Å². The van der Waals surface area contributed by atoms with Crippen LogP contribution in [0.4, 0.5) is 0 Å². The Labute approximate surface area is 135 Å². The summed E-state index contributed by atoms with van der Waals surface area (Å²) in [6.07, 6.45) is 2.19. The fourth-order valence-electron chi connectivity index (χ4n) is 2.97. The Hall–Kier alpha value is -2.63. The van der Waals surface area contributed by atoms with E-state index in [9.17, 15) is 9.59 Å². The number of para-hydroxylation sites is 1. The molecule has 0 unspecified atom stereocenters. The van der Waals surface area contributed by atoms with E-state index in [2.05, 4.69) is 10.4 Å². The van der Waals surface area contributed by atoms with Gasteiger partial charge in [-0.1, -0.05) is 25.1 Å². The number of nitrogens with zero attached hydrogens (tertiary/aromatic N) is 3. The van der Waals surface area contributed by atoms with E-state index in [0.717, 1.165) is 11.4 Å². The van der Waals surface area contributed by atoms with Gasteiger partial charge in [0.2, 0.25) is 5.91 Å². The zero-order valence-electron chi connectivity index (χ0n) is 13.3.